The largest absolute Gasteiger partial charge is 0.496 e. The standard InChI is InChI=1S/C17H26BrNO/c1-17(2)8-6-12(7-9-17)15(19)11-13-10-14(18)4-5-16(13)20-3/h4-5,10,12,15H,6-9,11,19H2,1-3H3. The molecule has 2 rings (SSSR count). The highest BCUT2D eigenvalue weighted by Gasteiger charge is 2.30. The van der Waals surface area contributed by atoms with E-state index >= 15 is 0 Å². The lowest BCUT2D eigenvalue weighted by molar-refractivity contribution is 0.172. The lowest BCUT2D eigenvalue weighted by atomic mass is 9.70. The van der Waals surface area contributed by atoms with Crippen molar-refractivity contribution in [2.75, 3.05) is 7.11 Å². The van der Waals surface area contributed by atoms with Crippen LogP contribution in [0.4, 0.5) is 0 Å². The van der Waals surface area contributed by atoms with Crippen LogP contribution in [0.1, 0.15) is 45.1 Å². The van der Waals surface area contributed by atoms with Gasteiger partial charge in [-0.15, -0.1) is 0 Å². The molecule has 1 aliphatic rings. The van der Waals surface area contributed by atoms with Crippen LogP contribution in [-0.2, 0) is 6.42 Å². The third-order valence-corrected chi connectivity index (χ3v) is 5.18. The molecule has 1 saturated carbocycles. The highest BCUT2D eigenvalue weighted by Crippen LogP contribution is 2.39. The van der Waals surface area contributed by atoms with Crippen LogP contribution in [0, 0.1) is 11.3 Å². The predicted molar refractivity (Wildman–Crippen MR) is 88.1 cm³/mol. The van der Waals surface area contributed by atoms with Crippen LogP contribution in [0.15, 0.2) is 22.7 Å². The first-order valence-corrected chi connectivity index (χ1v) is 8.28. The van der Waals surface area contributed by atoms with Crippen molar-refractivity contribution < 1.29 is 4.74 Å². The average Bonchev–Trinajstić information content (AvgIpc) is 2.38. The molecule has 0 radical (unpaired) electrons. The lowest BCUT2D eigenvalue weighted by Crippen LogP contribution is -2.36. The molecule has 1 aromatic rings. The number of nitrogens with two attached hydrogens (primary N) is 1. The second-order valence-corrected chi connectivity index (χ2v) is 7.74. The third-order valence-electron chi connectivity index (χ3n) is 4.69. The van der Waals surface area contributed by atoms with Gasteiger partial charge in [0.2, 0.25) is 0 Å². The molecule has 3 heteroatoms. The first-order valence-electron chi connectivity index (χ1n) is 7.49. The number of benzene rings is 1. The highest BCUT2D eigenvalue weighted by atomic mass is 79.9. The van der Waals surface area contributed by atoms with E-state index in [1.165, 1.54) is 31.2 Å². The van der Waals surface area contributed by atoms with E-state index in [4.69, 9.17) is 10.5 Å². The van der Waals surface area contributed by atoms with Crippen LogP contribution < -0.4 is 10.5 Å². The Morgan fingerprint density at radius 2 is 2.00 bits per heavy atom. The Kier molecular flexibility index (Phi) is 5.14. The molecule has 0 bridgehead atoms. The molecule has 1 fully saturated rings. The fourth-order valence-corrected chi connectivity index (χ4v) is 3.59. The van der Waals surface area contributed by atoms with Crippen LogP contribution in [-0.4, -0.2) is 13.2 Å². The molecular formula is C17H26BrNO. The van der Waals surface area contributed by atoms with Gasteiger partial charge in [0.1, 0.15) is 5.75 Å². The van der Waals surface area contributed by atoms with E-state index in [-0.39, 0.29) is 6.04 Å². The molecule has 1 aliphatic carbocycles. The quantitative estimate of drug-likeness (QED) is 0.873. The molecule has 20 heavy (non-hydrogen) atoms. The first kappa shape index (κ1) is 15.8. The van der Waals surface area contributed by atoms with Crippen molar-refractivity contribution in [1.82, 2.24) is 0 Å². The summed E-state index contributed by atoms with van der Waals surface area (Å²) >= 11 is 3.53. The second-order valence-electron chi connectivity index (χ2n) is 6.83. The van der Waals surface area contributed by atoms with E-state index in [0.29, 0.717) is 11.3 Å². The zero-order valence-electron chi connectivity index (χ0n) is 12.8. The number of hydrogen-bond acceptors (Lipinski definition) is 2. The van der Waals surface area contributed by atoms with Gasteiger partial charge in [0.05, 0.1) is 7.11 Å². The second kappa shape index (κ2) is 6.48. The topological polar surface area (TPSA) is 35.2 Å². The van der Waals surface area contributed by atoms with Gasteiger partial charge >= 0.3 is 0 Å². The van der Waals surface area contributed by atoms with Gasteiger partial charge in [-0.3, -0.25) is 0 Å². The Bertz CT molecular complexity index is 448. The monoisotopic (exact) mass is 339 g/mol. The van der Waals surface area contributed by atoms with Crippen molar-refractivity contribution in [3.63, 3.8) is 0 Å². The van der Waals surface area contributed by atoms with Gasteiger partial charge in [-0.1, -0.05) is 29.8 Å². The van der Waals surface area contributed by atoms with Gasteiger partial charge in [0.15, 0.2) is 0 Å². The maximum absolute atomic E-state index is 6.47. The van der Waals surface area contributed by atoms with Crippen molar-refractivity contribution in [3.8, 4) is 5.75 Å². The summed E-state index contributed by atoms with van der Waals surface area (Å²) in [5.41, 5.74) is 8.18. The van der Waals surface area contributed by atoms with Crippen molar-refractivity contribution in [2.45, 2.75) is 52.0 Å². The van der Waals surface area contributed by atoms with E-state index in [1.54, 1.807) is 7.11 Å². The van der Waals surface area contributed by atoms with Gasteiger partial charge in [0.25, 0.3) is 0 Å². The van der Waals surface area contributed by atoms with Crippen molar-refractivity contribution >= 4 is 15.9 Å². The number of ether oxygens (including phenoxy) is 1. The molecule has 2 nitrogen and oxygen atoms in total. The van der Waals surface area contributed by atoms with E-state index in [2.05, 4.69) is 35.8 Å². The SMILES string of the molecule is COc1ccc(Br)cc1CC(N)C1CCC(C)(C)CC1. The lowest BCUT2D eigenvalue weighted by Gasteiger charge is -2.37. The molecule has 112 valence electrons. The minimum absolute atomic E-state index is 0.231. The Balaban J connectivity index is 2.01. The number of halogens is 1. The fraction of sp³-hybridized carbons (Fsp3) is 0.647. The highest BCUT2D eigenvalue weighted by molar-refractivity contribution is 9.10. The summed E-state index contributed by atoms with van der Waals surface area (Å²) in [6, 6.07) is 6.38. The summed E-state index contributed by atoms with van der Waals surface area (Å²) in [6.07, 6.45) is 5.99. The number of methoxy groups -OCH3 is 1. The minimum atomic E-state index is 0.231. The molecule has 2 N–H and O–H groups in total. The maximum Gasteiger partial charge on any atom is 0.122 e. The summed E-state index contributed by atoms with van der Waals surface area (Å²) in [6.45, 7) is 4.73. The van der Waals surface area contributed by atoms with Gasteiger partial charge in [-0.05, 0) is 67.2 Å². The molecule has 1 unspecified atom stereocenters. The van der Waals surface area contributed by atoms with E-state index < -0.39 is 0 Å². The van der Waals surface area contributed by atoms with Crippen molar-refractivity contribution in [3.05, 3.63) is 28.2 Å². The Morgan fingerprint density at radius 3 is 2.60 bits per heavy atom. The first-order chi connectivity index (χ1) is 9.41. The Hall–Kier alpha value is -0.540. The molecular weight excluding hydrogens is 314 g/mol. The van der Waals surface area contributed by atoms with Crippen LogP contribution in [0.2, 0.25) is 0 Å². The molecule has 0 amide bonds. The van der Waals surface area contributed by atoms with E-state index in [9.17, 15) is 0 Å². The van der Waals surface area contributed by atoms with Gasteiger partial charge in [-0.2, -0.15) is 0 Å². The summed E-state index contributed by atoms with van der Waals surface area (Å²) in [5, 5.41) is 0. The molecule has 0 spiro atoms. The predicted octanol–water partition coefficient (Wildman–Crippen LogP) is 4.54. The average molecular weight is 340 g/mol. The summed E-state index contributed by atoms with van der Waals surface area (Å²) in [5.74, 6) is 1.59. The summed E-state index contributed by atoms with van der Waals surface area (Å²) in [7, 11) is 1.72. The normalized spacial score (nSPS) is 20.6. The zero-order valence-corrected chi connectivity index (χ0v) is 14.4. The van der Waals surface area contributed by atoms with Crippen LogP contribution >= 0.6 is 15.9 Å². The van der Waals surface area contributed by atoms with Crippen LogP contribution in [0.25, 0.3) is 0 Å². The molecule has 0 heterocycles. The molecule has 0 aromatic heterocycles. The Morgan fingerprint density at radius 1 is 1.35 bits per heavy atom. The van der Waals surface area contributed by atoms with Gasteiger partial charge in [0, 0.05) is 10.5 Å². The third kappa shape index (κ3) is 3.98. The van der Waals surface area contributed by atoms with Crippen LogP contribution in [0.3, 0.4) is 0 Å². The van der Waals surface area contributed by atoms with Crippen molar-refractivity contribution in [1.29, 1.82) is 0 Å². The fourth-order valence-electron chi connectivity index (χ4n) is 3.18. The molecule has 1 atom stereocenters. The Labute approximate surface area is 131 Å². The summed E-state index contributed by atoms with van der Waals surface area (Å²) < 4.78 is 6.53. The molecule has 0 saturated heterocycles. The maximum atomic E-state index is 6.47. The summed E-state index contributed by atoms with van der Waals surface area (Å²) in [4.78, 5) is 0. The molecule has 1 aromatic carbocycles. The smallest absolute Gasteiger partial charge is 0.122 e. The number of hydrogen-bond donors (Lipinski definition) is 1. The zero-order chi connectivity index (χ0) is 14.8. The van der Waals surface area contributed by atoms with E-state index in [1.807, 2.05) is 12.1 Å². The van der Waals surface area contributed by atoms with Crippen LogP contribution in [0.5, 0.6) is 5.75 Å². The van der Waals surface area contributed by atoms with Crippen molar-refractivity contribution in [2.24, 2.45) is 17.1 Å². The number of rotatable bonds is 4. The van der Waals surface area contributed by atoms with E-state index in [0.717, 1.165) is 16.6 Å². The molecule has 0 aliphatic heterocycles. The van der Waals surface area contributed by atoms with Gasteiger partial charge < -0.3 is 10.5 Å². The van der Waals surface area contributed by atoms with Gasteiger partial charge in [-0.25, -0.2) is 0 Å². The minimum Gasteiger partial charge on any atom is -0.496 e.